The molecular weight excluding hydrogens is 396 g/mol. The topological polar surface area (TPSA) is 50.3 Å². The Bertz CT molecular complexity index is 1070. The molecule has 5 nitrogen and oxygen atoms in total. The third-order valence-corrected chi connectivity index (χ3v) is 6.87. The van der Waals surface area contributed by atoms with E-state index in [0.717, 1.165) is 68.3 Å². The third-order valence-electron chi connectivity index (χ3n) is 6.87. The van der Waals surface area contributed by atoms with Crippen LogP contribution in [0.3, 0.4) is 0 Å². The van der Waals surface area contributed by atoms with Crippen molar-refractivity contribution in [2.24, 2.45) is 0 Å². The number of nitrogens with one attached hydrogen (secondary N) is 1. The van der Waals surface area contributed by atoms with E-state index in [4.69, 9.17) is 14.7 Å². The predicted molar refractivity (Wildman–Crippen MR) is 131 cm³/mol. The number of anilines is 1. The van der Waals surface area contributed by atoms with Crippen LogP contribution in [0, 0.1) is 0 Å². The lowest BCUT2D eigenvalue weighted by Crippen LogP contribution is -2.34. The Balaban J connectivity index is 1.45. The standard InChI is InChI=1S/C27H34N4O/c1-3-15-28-18-21-7-6-9-23-25(21)27(30-26(29-23)20-11-12-20)31-16-13-19(14-17-31)22-8-4-5-10-24(22)32-2/h4-10,19-20,28H,3,11-18H2,1-2H3. The Hall–Kier alpha value is -2.66. The number of hydrogen-bond acceptors (Lipinski definition) is 5. The summed E-state index contributed by atoms with van der Waals surface area (Å²) >= 11 is 0. The molecule has 5 rings (SSSR count). The van der Waals surface area contributed by atoms with Crippen LogP contribution in [0.5, 0.6) is 5.75 Å². The van der Waals surface area contributed by atoms with Crippen LogP contribution in [0.4, 0.5) is 5.82 Å². The van der Waals surface area contributed by atoms with E-state index in [1.807, 2.05) is 0 Å². The predicted octanol–water partition coefficient (Wildman–Crippen LogP) is 5.40. The largest absolute Gasteiger partial charge is 0.496 e. The molecule has 32 heavy (non-hydrogen) atoms. The molecule has 0 amide bonds. The molecule has 1 aliphatic carbocycles. The van der Waals surface area contributed by atoms with Crippen molar-refractivity contribution in [2.75, 3.05) is 31.6 Å². The Kier molecular flexibility index (Phi) is 6.26. The molecule has 0 spiro atoms. The van der Waals surface area contributed by atoms with Gasteiger partial charge in [0, 0.05) is 30.9 Å². The first-order valence-corrected chi connectivity index (χ1v) is 12.2. The van der Waals surface area contributed by atoms with E-state index in [-0.39, 0.29) is 0 Å². The third kappa shape index (κ3) is 4.31. The quantitative estimate of drug-likeness (QED) is 0.485. The lowest BCUT2D eigenvalue weighted by molar-refractivity contribution is 0.397. The van der Waals surface area contributed by atoms with Gasteiger partial charge in [-0.25, -0.2) is 9.97 Å². The molecule has 168 valence electrons. The fourth-order valence-corrected chi connectivity index (χ4v) is 4.96. The first-order chi connectivity index (χ1) is 15.8. The van der Waals surface area contributed by atoms with Gasteiger partial charge in [-0.3, -0.25) is 0 Å². The summed E-state index contributed by atoms with van der Waals surface area (Å²) in [5, 5.41) is 4.81. The number of para-hydroxylation sites is 1. The van der Waals surface area contributed by atoms with Crippen molar-refractivity contribution in [2.45, 2.75) is 57.4 Å². The van der Waals surface area contributed by atoms with Gasteiger partial charge in [-0.15, -0.1) is 0 Å². The molecule has 1 saturated carbocycles. The second-order valence-electron chi connectivity index (χ2n) is 9.17. The summed E-state index contributed by atoms with van der Waals surface area (Å²) in [4.78, 5) is 12.7. The Labute approximate surface area is 191 Å². The summed E-state index contributed by atoms with van der Waals surface area (Å²) in [6, 6.07) is 15.0. The van der Waals surface area contributed by atoms with Gasteiger partial charge in [-0.2, -0.15) is 0 Å². The lowest BCUT2D eigenvalue weighted by Gasteiger charge is -2.34. The van der Waals surface area contributed by atoms with E-state index in [9.17, 15) is 0 Å². The van der Waals surface area contributed by atoms with Crippen molar-refractivity contribution < 1.29 is 4.74 Å². The van der Waals surface area contributed by atoms with Gasteiger partial charge in [-0.05, 0) is 67.8 Å². The van der Waals surface area contributed by atoms with Crippen molar-refractivity contribution in [3.05, 3.63) is 59.4 Å². The van der Waals surface area contributed by atoms with Crippen LogP contribution >= 0.6 is 0 Å². The van der Waals surface area contributed by atoms with Crippen LogP contribution in [-0.4, -0.2) is 36.7 Å². The smallest absolute Gasteiger partial charge is 0.140 e. The van der Waals surface area contributed by atoms with Gasteiger partial charge in [0.1, 0.15) is 17.4 Å². The molecule has 2 heterocycles. The van der Waals surface area contributed by atoms with Crippen molar-refractivity contribution in [1.82, 2.24) is 15.3 Å². The highest BCUT2D eigenvalue weighted by atomic mass is 16.5. The molecule has 1 N–H and O–H groups in total. The average molecular weight is 431 g/mol. The molecule has 3 aromatic rings. The average Bonchev–Trinajstić information content (AvgIpc) is 3.69. The fourth-order valence-electron chi connectivity index (χ4n) is 4.96. The van der Waals surface area contributed by atoms with E-state index >= 15 is 0 Å². The Morgan fingerprint density at radius 3 is 2.53 bits per heavy atom. The number of benzene rings is 2. The molecule has 0 unspecified atom stereocenters. The molecule has 0 bridgehead atoms. The van der Waals surface area contributed by atoms with Gasteiger partial charge in [0.2, 0.25) is 0 Å². The number of methoxy groups -OCH3 is 1. The van der Waals surface area contributed by atoms with Gasteiger partial charge < -0.3 is 15.0 Å². The Morgan fingerprint density at radius 1 is 0.969 bits per heavy atom. The summed E-state index contributed by atoms with van der Waals surface area (Å²) < 4.78 is 5.64. The maximum Gasteiger partial charge on any atom is 0.140 e. The van der Waals surface area contributed by atoms with Crippen molar-refractivity contribution in [1.29, 1.82) is 0 Å². The zero-order valence-electron chi connectivity index (χ0n) is 19.3. The SMILES string of the molecule is CCCNCc1cccc2nc(C3CC3)nc(N3CCC(c4ccccc4OC)CC3)c12. The highest BCUT2D eigenvalue weighted by Crippen LogP contribution is 2.41. The number of rotatable bonds is 8. The molecule has 1 aliphatic heterocycles. The summed E-state index contributed by atoms with van der Waals surface area (Å²) in [7, 11) is 1.77. The maximum atomic E-state index is 5.64. The van der Waals surface area contributed by atoms with Crippen molar-refractivity contribution in [3.8, 4) is 5.75 Å². The number of aromatic nitrogens is 2. The summed E-state index contributed by atoms with van der Waals surface area (Å²) in [6.45, 7) is 6.11. The number of ether oxygens (including phenoxy) is 1. The molecule has 1 aromatic heterocycles. The monoisotopic (exact) mass is 430 g/mol. The normalized spacial score (nSPS) is 17.1. The number of hydrogen-bond donors (Lipinski definition) is 1. The number of piperidine rings is 1. The van der Waals surface area contributed by atoms with E-state index in [1.54, 1.807) is 7.11 Å². The van der Waals surface area contributed by atoms with Crippen molar-refractivity contribution >= 4 is 16.7 Å². The summed E-state index contributed by atoms with van der Waals surface area (Å²) in [5.74, 6) is 4.27. The van der Waals surface area contributed by atoms with Gasteiger partial charge in [0.25, 0.3) is 0 Å². The first-order valence-electron chi connectivity index (χ1n) is 12.2. The summed E-state index contributed by atoms with van der Waals surface area (Å²) in [5.41, 5.74) is 3.74. The van der Waals surface area contributed by atoms with Crippen LogP contribution in [0.15, 0.2) is 42.5 Å². The van der Waals surface area contributed by atoms with Gasteiger partial charge in [0.05, 0.1) is 12.6 Å². The number of nitrogens with zero attached hydrogens (tertiary/aromatic N) is 3. The van der Waals surface area contributed by atoms with Gasteiger partial charge in [0.15, 0.2) is 0 Å². The van der Waals surface area contributed by atoms with E-state index in [0.29, 0.717) is 11.8 Å². The highest BCUT2D eigenvalue weighted by Gasteiger charge is 2.30. The van der Waals surface area contributed by atoms with E-state index < -0.39 is 0 Å². The minimum atomic E-state index is 0.532. The second-order valence-corrected chi connectivity index (χ2v) is 9.17. The van der Waals surface area contributed by atoms with Crippen LogP contribution in [0.2, 0.25) is 0 Å². The summed E-state index contributed by atoms with van der Waals surface area (Å²) in [6.07, 6.45) is 5.80. The maximum absolute atomic E-state index is 5.64. The molecule has 2 aromatic carbocycles. The minimum absolute atomic E-state index is 0.532. The molecule has 2 fully saturated rings. The fraction of sp³-hybridized carbons (Fsp3) is 0.481. The zero-order valence-corrected chi connectivity index (χ0v) is 19.3. The minimum Gasteiger partial charge on any atom is -0.496 e. The van der Waals surface area contributed by atoms with E-state index in [1.165, 1.54) is 29.4 Å². The van der Waals surface area contributed by atoms with Crippen molar-refractivity contribution in [3.63, 3.8) is 0 Å². The number of fused-ring (bicyclic) bond motifs is 1. The van der Waals surface area contributed by atoms with Crippen LogP contribution < -0.4 is 15.0 Å². The Morgan fingerprint density at radius 2 is 1.78 bits per heavy atom. The molecule has 2 aliphatic rings. The second kappa shape index (κ2) is 9.45. The molecule has 0 atom stereocenters. The first kappa shape index (κ1) is 21.2. The van der Waals surface area contributed by atoms with Crippen LogP contribution in [0.25, 0.3) is 10.9 Å². The highest BCUT2D eigenvalue weighted by molar-refractivity contribution is 5.92. The van der Waals surface area contributed by atoms with Crippen LogP contribution in [-0.2, 0) is 6.54 Å². The molecule has 1 saturated heterocycles. The zero-order chi connectivity index (χ0) is 21.9. The molecular formula is C27H34N4O. The van der Waals surface area contributed by atoms with Gasteiger partial charge in [-0.1, -0.05) is 37.3 Å². The molecule has 0 radical (unpaired) electrons. The van der Waals surface area contributed by atoms with Gasteiger partial charge >= 0.3 is 0 Å². The van der Waals surface area contributed by atoms with Crippen LogP contribution in [0.1, 0.15) is 67.8 Å². The van der Waals surface area contributed by atoms with E-state index in [2.05, 4.69) is 59.6 Å². The lowest BCUT2D eigenvalue weighted by atomic mass is 9.88. The molecule has 5 heteroatoms.